The summed E-state index contributed by atoms with van der Waals surface area (Å²) in [6.45, 7) is 29.7. The lowest BCUT2D eigenvalue weighted by Gasteiger charge is -2.41. The minimum absolute atomic E-state index is 0.0362. The summed E-state index contributed by atoms with van der Waals surface area (Å²) in [5, 5.41) is 23.1. The van der Waals surface area contributed by atoms with Crippen LogP contribution in [0.1, 0.15) is 156 Å². The zero-order valence-corrected chi connectivity index (χ0v) is 57.3. The van der Waals surface area contributed by atoms with Gasteiger partial charge in [0, 0.05) is 56.4 Å². The summed E-state index contributed by atoms with van der Waals surface area (Å²) in [7, 11) is 10.9. The average Bonchev–Trinajstić information content (AvgIpc) is 1.23. The number of likely N-dealkylation sites (N-methyl/N-ethyl adjacent to an activating group) is 7. The summed E-state index contributed by atoms with van der Waals surface area (Å²) in [6, 6.07) is -12.7. The van der Waals surface area contributed by atoms with E-state index in [2.05, 4.69) is 21.3 Å². The molecule has 0 aromatic rings. The maximum Gasteiger partial charge on any atom is 0.273 e. The third-order valence-corrected chi connectivity index (χ3v) is 16.4. The zero-order valence-electron chi connectivity index (χ0n) is 57.3. The van der Waals surface area contributed by atoms with Gasteiger partial charge in [-0.05, 0) is 101 Å². The normalized spacial score (nSPS) is 27.4. The van der Waals surface area contributed by atoms with Gasteiger partial charge < -0.3 is 65.4 Å². The van der Waals surface area contributed by atoms with Gasteiger partial charge in [0.25, 0.3) is 5.91 Å². The summed E-state index contributed by atoms with van der Waals surface area (Å²) in [6.07, 6.45) is 1.17. The average molecular weight is 1230 g/mol. The number of rotatable bonds is 16. The number of aliphatic hydroxyl groups excluding tert-OH is 1. The van der Waals surface area contributed by atoms with Crippen LogP contribution < -0.4 is 21.3 Å². The summed E-state index contributed by atoms with van der Waals surface area (Å²) in [4.78, 5) is 170. The molecule has 13 atom stereocenters. The molecule has 1 fully saturated rings. The van der Waals surface area contributed by atoms with Crippen molar-refractivity contribution in [3.8, 4) is 0 Å². The van der Waals surface area contributed by atoms with Crippen LogP contribution in [-0.4, -0.2) is 234 Å². The second-order valence-electron chi connectivity index (χ2n) is 26.4. The Labute approximate surface area is 520 Å². The van der Waals surface area contributed by atoms with Crippen LogP contribution >= 0.6 is 0 Å². The molecule has 0 saturated carbocycles. The summed E-state index contributed by atoms with van der Waals surface area (Å²) in [5.74, 6) is -10.3. The number of aliphatic hydroxyl groups is 1. The van der Waals surface area contributed by atoms with E-state index in [0.717, 1.165) is 14.7 Å². The molecule has 0 bridgehead atoms. The largest absolute Gasteiger partial charge is 0.390 e. The fourth-order valence-corrected chi connectivity index (χ4v) is 11.0. The second kappa shape index (κ2) is 35.7. The van der Waals surface area contributed by atoms with Gasteiger partial charge in [0.1, 0.15) is 60.4 Å². The van der Waals surface area contributed by atoms with Gasteiger partial charge in [0.15, 0.2) is 0 Å². The van der Waals surface area contributed by atoms with E-state index in [1.165, 1.54) is 89.9 Å². The van der Waals surface area contributed by atoms with Gasteiger partial charge in [-0.2, -0.15) is 0 Å². The molecule has 1 rings (SSSR count). The monoisotopic (exact) mass is 1230 g/mol. The van der Waals surface area contributed by atoms with Crippen molar-refractivity contribution in [2.24, 2.45) is 41.4 Å². The van der Waals surface area contributed by atoms with Gasteiger partial charge >= 0.3 is 0 Å². The molecular formula is C63H113N11O13. The second-order valence-corrected chi connectivity index (χ2v) is 26.4. The minimum atomic E-state index is -1.66. The highest BCUT2D eigenvalue weighted by molar-refractivity contribution is 6.00. The van der Waals surface area contributed by atoms with Gasteiger partial charge in [-0.15, -0.1) is 0 Å². The van der Waals surface area contributed by atoms with E-state index in [9.17, 15) is 48.3 Å². The van der Waals surface area contributed by atoms with Crippen LogP contribution in [0.25, 0.3) is 0 Å². The van der Waals surface area contributed by atoms with E-state index in [0.29, 0.717) is 6.42 Å². The number of ether oxygens (including phenoxy) is 1. The molecule has 11 amide bonds. The molecular weight excluding hydrogens is 1120 g/mol. The Balaban J connectivity index is 4.41. The Bertz CT molecular complexity index is 2380. The van der Waals surface area contributed by atoms with Crippen LogP contribution in [0, 0.1) is 41.4 Å². The number of nitrogens with one attached hydrogen (secondary N) is 4. The van der Waals surface area contributed by atoms with Crippen molar-refractivity contribution in [3.05, 3.63) is 12.2 Å². The summed E-state index contributed by atoms with van der Waals surface area (Å²) in [5.41, 5.74) is 0. The predicted octanol–water partition coefficient (Wildman–Crippen LogP) is 3.24. The van der Waals surface area contributed by atoms with Gasteiger partial charge in [-0.25, -0.2) is 0 Å². The maximum atomic E-state index is 15.2. The highest BCUT2D eigenvalue weighted by atomic mass is 16.5. The van der Waals surface area contributed by atoms with Crippen molar-refractivity contribution in [2.45, 2.75) is 229 Å². The third-order valence-electron chi connectivity index (χ3n) is 16.4. The molecule has 0 aliphatic carbocycles. The van der Waals surface area contributed by atoms with Crippen LogP contribution in [0.2, 0.25) is 0 Å². The fourth-order valence-electron chi connectivity index (χ4n) is 11.0. The first-order chi connectivity index (χ1) is 40.2. The van der Waals surface area contributed by atoms with E-state index < -0.39 is 155 Å². The van der Waals surface area contributed by atoms with Crippen molar-refractivity contribution in [3.63, 3.8) is 0 Å². The van der Waals surface area contributed by atoms with Crippen LogP contribution in [0.15, 0.2) is 12.2 Å². The Morgan fingerprint density at radius 1 is 0.448 bits per heavy atom. The molecule has 1 heterocycles. The number of nitrogens with zero attached hydrogens (tertiary/aromatic N) is 7. The van der Waals surface area contributed by atoms with Gasteiger partial charge in [-0.1, -0.05) is 109 Å². The topological polar surface area (TPSA) is 288 Å². The molecule has 0 radical (unpaired) electrons. The predicted molar refractivity (Wildman–Crippen MR) is 334 cm³/mol. The Kier molecular flexibility index (Phi) is 32.4. The fraction of sp³-hybridized carbons (Fsp3) is 0.794. The molecule has 24 heteroatoms. The lowest BCUT2D eigenvalue weighted by molar-refractivity contribution is -0.165. The minimum Gasteiger partial charge on any atom is -0.390 e. The van der Waals surface area contributed by atoms with Crippen molar-refractivity contribution in [1.29, 1.82) is 0 Å². The van der Waals surface area contributed by atoms with E-state index in [1.54, 1.807) is 60.6 Å². The maximum absolute atomic E-state index is 15.2. The number of methoxy groups -OCH3 is 1. The van der Waals surface area contributed by atoms with Crippen LogP contribution in [0.4, 0.5) is 0 Å². The lowest BCUT2D eigenvalue weighted by atomic mass is 9.91. The summed E-state index contributed by atoms with van der Waals surface area (Å²) >= 11 is 0. The highest BCUT2D eigenvalue weighted by Crippen LogP contribution is 2.26. The molecule has 0 aromatic carbocycles. The Morgan fingerprint density at radius 2 is 0.851 bits per heavy atom. The molecule has 24 nitrogen and oxygen atoms in total. The van der Waals surface area contributed by atoms with Gasteiger partial charge in [0.2, 0.25) is 65.3 Å². The molecule has 1 unspecified atom stereocenters. The first-order valence-corrected chi connectivity index (χ1v) is 31.1. The number of hydrogen-bond acceptors (Lipinski definition) is 13. The molecule has 1 aliphatic heterocycles. The van der Waals surface area contributed by atoms with Crippen molar-refractivity contribution in [2.75, 3.05) is 56.4 Å². The molecule has 1 aliphatic rings. The smallest absolute Gasteiger partial charge is 0.273 e. The standard InChI is InChI=1S/C63H113N11O13/c1-26-28-29-40(15)51(75)50-55(79)66-43(27-2)57(81)74(24)63(87-25)62(86)69(19)45(31-35(5)6)54(78)67-48(38(11)12)60(84)68(18)44(30-34(3)4)53(77)64-41(16)52(76)65-42(17)56(80)70(20)46(32-36(7)8)58(82)71(21)47(33-37(9)10)59(83)72(22)49(39(13)14)61(85)73(50)23/h26,28,34-51,63,75H,27,29-33H2,1-25H3,(H,64,77)(H,65,76)(H,66,79)(H,67,78)/b28-26+/t40-,41+,42-,43+,44+,45+,46+,47+,48+,49+,50+,51-,63?/m1/s1. The van der Waals surface area contributed by atoms with Crippen molar-refractivity contribution in [1.82, 2.24) is 55.6 Å². The first-order valence-electron chi connectivity index (χ1n) is 31.1. The number of hydrogen-bond donors (Lipinski definition) is 5. The zero-order chi connectivity index (χ0) is 67.6. The van der Waals surface area contributed by atoms with Gasteiger partial charge in [-0.3, -0.25) is 52.7 Å². The molecule has 5 N–H and O–H groups in total. The summed E-state index contributed by atoms with van der Waals surface area (Å²) < 4.78 is 5.68. The number of amides is 11. The van der Waals surface area contributed by atoms with Crippen LogP contribution in [-0.2, 0) is 57.5 Å². The SMILES string of the molecule is C/C=C/C[C@@H](C)[C@@H](O)[C@H]1C(=O)N[C@@H](CC)C(=O)N(C)C(OC)C(=O)N(C)[C@@H](CC(C)C)C(=O)N[C@@H](C(C)C)C(=O)N(C)[C@@H](CC(C)C)C(=O)N[C@@H](C)C(=O)N[C@H](C)C(=O)N(C)[C@@H](CC(C)C)C(=O)N(C)[C@@H](CC(C)C)C(=O)N(C)[C@@H](C(C)C)C(=O)N1C. The third kappa shape index (κ3) is 21.5. The number of carbonyl (C=O) groups is 11. The highest BCUT2D eigenvalue weighted by Gasteiger charge is 2.46. The number of carbonyl (C=O) groups excluding carboxylic acids is 11. The van der Waals surface area contributed by atoms with E-state index >= 15 is 9.59 Å². The van der Waals surface area contributed by atoms with E-state index in [1.807, 2.05) is 55.4 Å². The van der Waals surface area contributed by atoms with E-state index in [4.69, 9.17) is 4.74 Å². The Hall–Kier alpha value is -6.17. The van der Waals surface area contributed by atoms with Crippen molar-refractivity contribution >= 4 is 65.0 Å². The van der Waals surface area contributed by atoms with Crippen molar-refractivity contribution < 1.29 is 62.6 Å². The van der Waals surface area contributed by atoms with Crippen LogP contribution in [0.5, 0.6) is 0 Å². The molecule has 87 heavy (non-hydrogen) atoms. The molecule has 1 saturated heterocycles. The van der Waals surface area contributed by atoms with Gasteiger partial charge in [0.05, 0.1) is 6.10 Å². The quantitative estimate of drug-likeness (QED) is 0.139. The first kappa shape index (κ1) is 78.8. The number of allylic oxidation sites excluding steroid dienone is 2. The molecule has 0 spiro atoms. The lowest BCUT2D eigenvalue weighted by Crippen LogP contribution is -2.64. The van der Waals surface area contributed by atoms with E-state index in [-0.39, 0.29) is 55.8 Å². The Morgan fingerprint density at radius 3 is 1.28 bits per heavy atom. The van der Waals surface area contributed by atoms with Crippen LogP contribution in [0.3, 0.4) is 0 Å². The molecule has 498 valence electrons. The molecule has 0 aromatic heterocycles.